The number of fused-ring (bicyclic) bond motifs is 2. The molecule has 2 fully saturated rings. The molecule has 0 heterocycles. The summed E-state index contributed by atoms with van der Waals surface area (Å²) in [6, 6.07) is 7.94. The number of hydrogen-bond donors (Lipinski definition) is 2. The van der Waals surface area contributed by atoms with Crippen molar-refractivity contribution in [2.24, 2.45) is 23.5 Å². The topological polar surface area (TPSA) is 55.1 Å². The molecule has 2 bridgehead atoms. The van der Waals surface area contributed by atoms with Gasteiger partial charge in [-0.2, -0.15) is 0 Å². The minimum Gasteiger partial charge on any atom is -0.349 e. The highest BCUT2D eigenvalue weighted by atomic mass is 35.5. The SMILES string of the molecule is CC(NC(=O)C1CC2CCCC(C1)C2N)c1ccccc1Cl.Cl. The molecular weight excluding hydrogens is 331 g/mol. The van der Waals surface area contributed by atoms with E-state index in [1.54, 1.807) is 0 Å². The second-order valence-corrected chi connectivity index (χ2v) is 7.36. The average molecular weight is 357 g/mol. The van der Waals surface area contributed by atoms with E-state index < -0.39 is 0 Å². The maximum atomic E-state index is 12.6. The molecule has 5 heteroatoms. The van der Waals surface area contributed by atoms with Crippen LogP contribution in [0.1, 0.15) is 50.6 Å². The molecule has 3 unspecified atom stereocenters. The Morgan fingerprint density at radius 2 is 1.87 bits per heavy atom. The molecule has 23 heavy (non-hydrogen) atoms. The average Bonchev–Trinajstić information content (AvgIpc) is 2.47. The van der Waals surface area contributed by atoms with Crippen LogP contribution in [0.2, 0.25) is 5.02 Å². The second kappa shape index (κ2) is 7.87. The van der Waals surface area contributed by atoms with Crippen molar-refractivity contribution >= 4 is 29.9 Å². The highest BCUT2D eigenvalue weighted by Crippen LogP contribution is 2.42. The van der Waals surface area contributed by atoms with Crippen molar-refractivity contribution in [3.05, 3.63) is 34.9 Å². The number of nitrogens with one attached hydrogen (secondary N) is 1. The molecular formula is C18H26Cl2N2O. The highest BCUT2D eigenvalue weighted by molar-refractivity contribution is 6.31. The lowest BCUT2D eigenvalue weighted by atomic mass is 9.65. The number of rotatable bonds is 3. The molecule has 128 valence electrons. The van der Waals surface area contributed by atoms with Gasteiger partial charge in [-0.3, -0.25) is 4.79 Å². The largest absolute Gasteiger partial charge is 0.349 e. The molecule has 3 atom stereocenters. The van der Waals surface area contributed by atoms with Crippen molar-refractivity contribution in [3.63, 3.8) is 0 Å². The standard InChI is InChI=1S/C18H25ClN2O.ClH/c1-11(15-7-2-3-8-16(15)19)21-18(22)14-9-12-5-4-6-13(10-14)17(12)20;/h2-3,7-8,11-14,17H,4-6,9-10,20H2,1H3,(H,21,22);1H. The van der Waals surface area contributed by atoms with Gasteiger partial charge in [-0.15, -0.1) is 12.4 Å². The predicted octanol–water partition coefficient (Wildman–Crippen LogP) is 4.09. The molecule has 3 N–H and O–H groups in total. The van der Waals surface area contributed by atoms with Gasteiger partial charge in [0.1, 0.15) is 0 Å². The summed E-state index contributed by atoms with van der Waals surface area (Å²) in [5.74, 6) is 1.33. The molecule has 2 saturated carbocycles. The number of amides is 1. The molecule has 1 aromatic carbocycles. The van der Waals surface area contributed by atoms with E-state index in [0.29, 0.717) is 22.9 Å². The van der Waals surface area contributed by atoms with Gasteiger partial charge in [-0.05, 0) is 56.1 Å². The van der Waals surface area contributed by atoms with E-state index in [1.165, 1.54) is 19.3 Å². The Balaban J connectivity index is 0.00000192. The Morgan fingerprint density at radius 3 is 2.48 bits per heavy atom. The first-order valence-electron chi connectivity index (χ1n) is 8.36. The van der Waals surface area contributed by atoms with Crippen molar-refractivity contribution in [1.29, 1.82) is 0 Å². The normalized spacial score (nSPS) is 30.9. The van der Waals surface area contributed by atoms with Crippen LogP contribution < -0.4 is 11.1 Å². The fraction of sp³-hybridized carbons (Fsp3) is 0.611. The van der Waals surface area contributed by atoms with Gasteiger partial charge in [0.2, 0.25) is 5.91 Å². The zero-order chi connectivity index (χ0) is 15.7. The summed E-state index contributed by atoms with van der Waals surface area (Å²) in [7, 11) is 0. The highest BCUT2D eigenvalue weighted by Gasteiger charge is 2.40. The monoisotopic (exact) mass is 356 g/mol. The first kappa shape index (κ1) is 18.6. The lowest BCUT2D eigenvalue weighted by Crippen LogP contribution is -2.49. The molecule has 1 aromatic rings. The molecule has 0 saturated heterocycles. The lowest BCUT2D eigenvalue weighted by Gasteiger charge is -2.43. The molecule has 2 aliphatic rings. The van der Waals surface area contributed by atoms with E-state index >= 15 is 0 Å². The molecule has 0 aromatic heterocycles. The van der Waals surface area contributed by atoms with Gasteiger partial charge in [0, 0.05) is 17.0 Å². The number of carbonyl (C=O) groups is 1. The number of hydrogen-bond acceptors (Lipinski definition) is 2. The van der Waals surface area contributed by atoms with Crippen LogP contribution in [0.15, 0.2) is 24.3 Å². The first-order chi connectivity index (χ1) is 10.6. The van der Waals surface area contributed by atoms with Crippen LogP contribution >= 0.6 is 24.0 Å². The van der Waals surface area contributed by atoms with Gasteiger partial charge in [-0.1, -0.05) is 36.2 Å². The van der Waals surface area contributed by atoms with Crippen LogP contribution in [0.25, 0.3) is 0 Å². The van der Waals surface area contributed by atoms with Gasteiger partial charge < -0.3 is 11.1 Å². The quantitative estimate of drug-likeness (QED) is 0.856. The van der Waals surface area contributed by atoms with E-state index in [4.69, 9.17) is 17.3 Å². The summed E-state index contributed by atoms with van der Waals surface area (Å²) >= 11 is 6.22. The predicted molar refractivity (Wildman–Crippen MR) is 96.8 cm³/mol. The van der Waals surface area contributed by atoms with Crippen LogP contribution in [-0.2, 0) is 4.79 Å². The summed E-state index contributed by atoms with van der Waals surface area (Å²) in [5.41, 5.74) is 7.29. The summed E-state index contributed by atoms with van der Waals surface area (Å²) in [4.78, 5) is 12.6. The Hall–Kier alpha value is -0.770. The van der Waals surface area contributed by atoms with Crippen molar-refractivity contribution in [2.75, 3.05) is 0 Å². The van der Waals surface area contributed by atoms with Crippen molar-refractivity contribution < 1.29 is 4.79 Å². The van der Waals surface area contributed by atoms with E-state index in [0.717, 1.165) is 18.4 Å². The van der Waals surface area contributed by atoms with Crippen LogP contribution in [-0.4, -0.2) is 11.9 Å². The molecule has 0 radical (unpaired) electrons. The summed E-state index contributed by atoms with van der Waals surface area (Å²) in [6.07, 6.45) is 5.52. The van der Waals surface area contributed by atoms with E-state index in [-0.39, 0.29) is 30.3 Å². The van der Waals surface area contributed by atoms with Crippen LogP contribution in [0.3, 0.4) is 0 Å². The number of carbonyl (C=O) groups excluding carboxylic acids is 1. The molecule has 1 amide bonds. The van der Waals surface area contributed by atoms with E-state index in [1.807, 2.05) is 31.2 Å². The smallest absolute Gasteiger partial charge is 0.223 e. The molecule has 2 aliphatic carbocycles. The Morgan fingerprint density at radius 1 is 1.26 bits per heavy atom. The number of nitrogens with two attached hydrogens (primary N) is 1. The zero-order valence-electron chi connectivity index (χ0n) is 13.5. The van der Waals surface area contributed by atoms with E-state index in [2.05, 4.69) is 5.32 Å². The molecule has 0 aliphatic heterocycles. The van der Waals surface area contributed by atoms with Gasteiger partial charge in [0.15, 0.2) is 0 Å². The van der Waals surface area contributed by atoms with Crippen molar-refractivity contribution in [3.8, 4) is 0 Å². The summed E-state index contributed by atoms with van der Waals surface area (Å²) in [5, 5.41) is 3.85. The van der Waals surface area contributed by atoms with Crippen molar-refractivity contribution in [1.82, 2.24) is 5.32 Å². The van der Waals surface area contributed by atoms with Gasteiger partial charge in [0.05, 0.1) is 6.04 Å². The van der Waals surface area contributed by atoms with Crippen LogP contribution in [0.4, 0.5) is 0 Å². The van der Waals surface area contributed by atoms with Gasteiger partial charge in [-0.25, -0.2) is 0 Å². The van der Waals surface area contributed by atoms with Gasteiger partial charge in [0.25, 0.3) is 0 Å². The Labute approximate surface area is 149 Å². The van der Waals surface area contributed by atoms with E-state index in [9.17, 15) is 4.79 Å². The minimum absolute atomic E-state index is 0. The lowest BCUT2D eigenvalue weighted by molar-refractivity contribution is -0.128. The third-order valence-electron chi connectivity index (χ3n) is 5.51. The third kappa shape index (κ3) is 4.01. The Kier molecular flexibility index (Phi) is 6.35. The molecule has 3 nitrogen and oxygen atoms in total. The Bertz CT molecular complexity index is 538. The summed E-state index contributed by atoms with van der Waals surface area (Å²) in [6.45, 7) is 1.99. The second-order valence-electron chi connectivity index (χ2n) is 6.95. The zero-order valence-corrected chi connectivity index (χ0v) is 15.1. The third-order valence-corrected chi connectivity index (χ3v) is 5.86. The maximum absolute atomic E-state index is 12.6. The van der Waals surface area contributed by atoms with Gasteiger partial charge >= 0.3 is 0 Å². The fourth-order valence-corrected chi connectivity index (χ4v) is 4.54. The molecule has 3 rings (SSSR count). The summed E-state index contributed by atoms with van der Waals surface area (Å²) < 4.78 is 0. The van der Waals surface area contributed by atoms with Crippen molar-refractivity contribution in [2.45, 2.75) is 51.1 Å². The maximum Gasteiger partial charge on any atom is 0.223 e. The first-order valence-corrected chi connectivity index (χ1v) is 8.74. The minimum atomic E-state index is -0.0587. The fourth-order valence-electron chi connectivity index (χ4n) is 4.24. The molecule has 0 spiro atoms. The number of halogens is 2. The number of benzene rings is 1. The van der Waals surface area contributed by atoms with Crippen LogP contribution in [0, 0.1) is 17.8 Å². The van der Waals surface area contributed by atoms with Crippen LogP contribution in [0.5, 0.6) is 0 Å².